The van der Waals surface area contributed by atoms with Crippen molar-refractivity contribution in [1.82, 2.24) is 0 Å². The molecule has 0 aliphatic rings. The summed E-state index contributed by atoms with van der Waals surface area (Å²) in [5, 5.41) is 0. The number of ether oxygens (including phenoxy) is 2. The van der Waals surface area contributed by atoms with Crippen molar-refractivity contribution < 1.29 is 61.6 Å². The molecule has 7 nitrogen and oxygen atoms in total. The van der Waals surface area contributed by atoms with E-state index in [9.17, 15) is 22.6 Å². The zero-order valence-electron chi connectivity index (χ0n) is 26.9. The van der Waals surface area contributed by atoms with Gasteiger partial charge >= 0.3 is 41.5 Å². The van der Waals surface area contributed by atoms with Crippen LogP contribution < -0.4 is 29.6 Å². The zero-order valence-corrected chi connectivity index (χ0v) is 29.8. The second-order valence-corrected chi connectivity index (χ2v) is 12.2. The van der Waals surface area contributed by atoms with Gasteiger partial charge in [0.25, 0.3) is 0 Å². The molecule has 1 aromatic rings. The van der Waals surface area contributed by atoms with Gasteiger partial charge in [-0.25, -0.2) is 18.0 Å². The molecule has 238 valence electrons. The molecule has 0 unspecified atom stereocenters. The molecule has 0 aliphatic carbocycles. The van der Waals surface area contributed by atoms with E-state index in [-0.39, 0.29) is 53.9 Å². The summed E-state index contributed by atoms with van der Waals surface area (Å²) in [4.78, 5) is 24.9. The SMILES string of the molecule is CCCCCCCC/C=C/CCCOC(=O)c1ccc(S(=O)(=O)[O-])cc1C(=O)OCCC/C=C/CCCCCCCC.[Na+]. The molecule has 9 heteroatoms. The molecule has 0 radical (unpaired) electrons. The first-order chi connectivity index (χ1) is 20.3. The topological polar surface area (TPSA) is 110 Å². The molecule has 0 aliphatic heterocycles. The van der Waals surface area contributed by atoms with Crippen LogP contribution in [0.1, 0.15) is 150 Å². The quantitative estimate of drug-likeness (QED) is 0.0424. The van der Waals surface area contributed by atoms with Crippen LogP contribution in [-0.4, -0.2) is 38.1 Å². The average molecular weight is 629 g/mol. The van der Waals surface area contributed by atoms with Crippen molar-refractivity contribution >= 4 is 22.1 Å². The van der Waals surface area contributed by atoms with Gasteiger partial charge in [-0.3, -0.25) is 0 Å². The van der Waals surface area contributed by atoms with Gasteiger partial charge in [0.2, 0.25) is 0 Å². The number of rotatable bonds is 25. The Labute approximate surface area is 283 Å². The number of carbonyl (C=O) groups excluding carboxylic acids is 2. The van der Waals surface area contributed by atoms with Crippen LogP contribution in [0.3, 0.4) is 0 Å². The molecule has 1 aromatic carbocycles. The van der Waals surface area contributed by atoms with Crippen LogP contribution in [0.15, 0.2) is 47.4 Å². The van der Waals surface area contributed by atoms with Gasteiger partial charge in [0, 0.05) is 0 Å². The van der Waals surface area contributed by atoms with Crippen molar-refractivity contribution in [2.24, 2.45) is 0 Å². The van der Waals surface area contributed by atoms with Gasteiger partial charge in [-0.05, 0) is 69.6 Å². The van der Waals surface area contributed by atoms with Crippen LogP contribution in [-0.2, 0) is 19.6 Å². The summed E-state index contributed by atoms with van der Waals surface area (Å²) >= 11 is 0. The van der Waals surface area contributed by atoms with Crippen LogP contribution in [0.2, 0.25) is 0 Å². The summed E-state index contributed by atoms with van der Waals surface area (Å²) in [6.45, 7) is 4.68. The van der Waals surface area contributed by atoms with Crippen LogP contribution in [0, 0.1) is 0 Å². The third-order valence-electron chi connectivity index (χ3n) is 7.00. The third-order valence-corrected chi connectivity index (χ3v) is 7.83. The fraction of sp³-hybridized carbons (Fsp3) is 0.647. The predicted octanol–water partition coefficient (Wildman–Crippen LogP) is 6.08. The Kier molecular flexibility index (Phi) is 26.0. The Morgan fingerprint density at radius 2 is 1.02 bits per heavy atom. The molecule has 0 heterocycles. The number of allylic oxidation sites excluding steroid dienone is 4. The van der Waals surface area contributed by atoms with Crippen molar-refractivity contribution in [3.8, 4) is 0 Å². The number of benzene rings is 1. The Bertz CT molecular complexity index is 1050. The van der Waals surface area contributed by atoms with Crippen LogP contribution >= 0.6 is 0 Å². The number of carbonyl (C=O) groups is 2. The molecule has 0 amide bonds. The van der Waals surface area contributed by atoms with Crippen molar-refractivity contribution in [3.63, 3.8) is 0 Å². The smallest absolute Gasteiger partial charge is 0.744 e. The molecule has 0 spiro atoms. The summed E-state index contributed by atoms with van der Waals surface area (Å²) in [6, 6.07) is 3.04. The Hall–Kier alpha value is -1.45. The van der Waals surface area contributed by atoms with E-state index in [1.165, 1.54) is 77.0 Å². The first kappa shape index (κ1) is 41.5. The Morgan fingerprint density at radius 3 is 1.47 bits per heavy atom. The molecule has 0 bridgehead atoms. The third kappa shape index (κ3) is 21.0. The van der Waals surface area contributed by atoms with Gasteiger partial charge in [-0.2, -0.15) is 0 Å². The normalized spacial score (nSPS) is 11.6. The Balaban J connectivity index is 0.0000176. The number of esters is 2. The zero-order chi connectivity index (χ0) is 30.9. The van der Waals surface area contributed by atoms with Crippen LogP contribution in [0.25, 0.3) is 0 Å². The maximum absolute atomic E-state index is 12.8. The summed E-state index contributed by atoms with van der Waals surface area (Å²) < 4.78 is 45.2. The van der Waals surface area contributed by atoms with E-state index in [2.05, 4.69) is 38.2 Å². The minimum atomic E-state index is -4.82. The van der Waals surface area contributed by atoms with Gasteiger partial charge in [-0.15, -0.1) is 0 Å². The van der Waals surface area contributed by atoms with Crippen LogP contribution in [0.4, 0.5) is 0 Å². The minimum absolute atomic E-state index is 0. The minimum Gasteiger partial charge on any atom is -0.744 e. The maximum atomic E-state index is 12.8. The van der Waals surface area contributed by atoms with E-state index in [1.54, 1.807) is 0 Å². The largest absolute Gasteiger partial charge is 1.00 e. The average Bonchev–Trinajstić information content (AvgIpc) is 2.97. The van der Waals surface area contributed by atoms with Gasteiger partial charge in [0.1, 0.15) is 10.1 Å². The fourth-order valence-electron chi connectivity index (χ4n) is 4.47. The molecule has 0 saturated heterocycles. The molecular formula is C34H53NaO7S. The molecule has 43 heavy (non-hydrogen) atoms. The second kappa shape index (κ2) is 26.9. The summed E-state index contributed by atoms with van der Waals surface area (Å²) in [5.41, 5.74) is -0.403. The fourth-order valence-corrected chi connectivity index (χ4v) is 4.97. The molecule has 0 saturated carbocycles. The monoisotopic (exact) mass is 628 g/mol. The first-order valence-electron chi connectivity index (χ1n) is 16.0. The first-order valence-corrected chi connectivity index (χ1v) is 17.5. The summed E-state index contributed by atoms with van der Waals surface area (Å²) in [6.07, 6.45) is 28.3. The standard InChI is InChI=1S/C34H54O7S.Na/c1-3-5-7-9-11-13-15-17-19-21-23-27-40-33(35)31-26-25-30(42(37,38)39)29-32(31)34(36)41-28-24-22-20-18-16-14-12-10-8-6-4-2;/h17-20,25-26,29H,3-16,21-24,27-28H2,1-2H3,(H,37,38,39);/q;+1/p-1/b19-17+,20-18+;. The Morgan fingerprint density at radius 1 is 0.628 bits per heavy atom. The molecule has 0 atom stereocenters. The molecule has 1 rings (SSSR count). The van der Waals surface area contributed by atoms with E-state index in [1.807, 2.05) is 0 Å². The van der Waals surface area contributed by atoms with Crippen molar-refractivity contribution in [3.05, 3.63) is 53.6 Å². The van der Waals surface area contributed by atoms with Gasteiger partial charge in [0.15, 0.2) is 0 Å². The van der Waals surface area contributed by atoms with E-state index in [0.29, 0.717) is 12.8 Å². The maximum Gasteiger partial charge on any atom is 1.00 e. The predicted molar refractivity (Wildman–Crippen MR) is 168 cm³/mol. The molecule has 0 aromatic heterocycles. The molecule has 0 N–H and O–H groups in total. The van der Waals surface area contributed by atoms with Crippen LogP contribution in [0.5, 0.6) is 0 Å². The summed E-state index contributed by atoms with van der Waals surface area (Å²) in [7, 11) is -4.82. The van der Waals surface area contributed by atoms with E-state index >= 15 is 0 Å². The number of hydrogen-bond donors (Lipinski definition) is 0. The second-order valence-electron chi connectivity index (χ2n) is 10.8. The van der Waals surface area contributed by atoms with Crippen molar-refractivity contribution in [1.29, 1.82) is 0 Å². The van der Waals surface area contributed by atoms with Gasteiger partial charge < -0.3 is 14.0 Å². The van der Waals surface area contributed by atoms with E-state index in [4.69, 9.17) is 9.47 Å². The van der Waals surface area contributed by atoms with E-state index in [0.717, 1.165) is 43.9 Å². The van der Waals surface area contributed by atoms with Gasteiger partial charge in [-0.1, -0.05) is 102 Å². The van der Waals surface area contributed by atoms with Crippen molar-refractivity contribution in [2.45, 2.75) is 134 Å². The number of hydrogen-bond acceptors (Lipinski definition) is 7. The number of unbranched alkanes of at least 4 members (excludes halogenated alkanes) is 14. The summed E-state index contributed by atoms with van der Waals surface area (Å²) in [5.74, 6) is -1.62. The van der Waals surface area contributed by atoms with Gasteiger partial charge in [0.05, 0.1) is 29.2 Å². The molecule has 0 fully saturated rings. The van der Waals surface area contributed by atoms with Crippen molar-refractivity contribution in [2.75, 3.05) is 13.2 Å². The molecular weight excluding hydrogens is 575 g/mol. The van der Waals surface area contributed by atoms with E-state index < -0.39 is 27.0 Å².